The van der Waals surface area contributed by atoms with Crippen LogP contribution in [-0.2, 0) is 4.79 Å². The minimum Gasteiger partial charge on any atom is -0.326 e. The number of benzene rings is 1. The van der Waals surface area contributed by atoms with E-state index >= 15 is 0 Å². The number of hydrogen-bond donors (Lipinski definition) is 1. The number of carbonyl (C=O) groups is 1. The monoisotopic (exact) mass is 235 g/mol. The van der Waals surface area contributed by atoms with Crippen molar-refractivity contribution < 1.29 is 4.79 Å². The normalized spacial score (nSPS) is 16.6. The molecular weight excluding hydrogens is 210 g/mol. The topological polar surface area (TPSA) is 29.1 Å². The number of fused-ring (bicyclic) bond motifs is 1. The zero-order chi connectivity index (χ0) is 13.4. The molecule has 1 aliphatic rings. The third-order valence-corrected chi connectivity index (χ3v) is 2.51. The molecular formula is C15H25NO. The van der Waals surface area contributed by atoms with Gasteiger partial charge in [-0.3, -0.25) is 4.79 Å². The Bertz CT molecular complexity index is 358. The van der Waals surface area contributed by atoms with Gasteiger partial charge in [0.05, 0.1) is 0 Å². The lowest BCUT2D eigenvalue weighted by Gasteiger charge is -2.22. The Morgan fingerprint density at radius 3 is 2.35 bits per heavy atom. The molecule has 1 heterocycles. The van der Waals surface area contributed by atoms with E-state index in [9.17, 15) is 4.79 Å². The standard InChI is InChI=1S/C11H13NO.2C2H6/c1-7-3-4-9-8(2)6-11(13)12-10(9)5-7;2*1-2/h3-5,8H,6H2,1-2H3,(H,12,13);2*1-2H3. The van der Waals surface area contributed by atoms with Crippen molar-refractivity contribution >= 4 is 11.6 Å². The van der Waals surface area contributed by atoms with Crippen molar-refractivity contribution in [1.29, 1.82) is 0 Å². The average molecular weight is 235 g/mol. The van der Waals surface area contributed by atoms with Crippen LogP contribution in [0.2, 0.25) is 0 Å². The number of amides is 1. The summed E-state index contributed by atoms with van der Waals surface area (Å²) in [7, 11) is 0. The second-order valence-corrected chi connectivity index (χ2v) is 3.74. The highest BCUT2D eigenvalue weighted by atomic mass is 16.1. The van der Waals surface area contributed by atoms with E-state index in [1.807, 2.05) is 40.7 Å². The molecule has 0 aromatic heterocycles. The van der Waals surface area contributed by atoms with Crippen LogP contribution >= 0.6 is 0 Å². The fraction of sp³-hybridized carbons (Fsp3) is 0.533. The Hall–Kier alpha value is -1.31. The molecule has 2 nitrogen and oxygen atoms in total. The maximum absolute atomic E-state index is 11.2. The fourth-order valence-electron chi connectivity index (χ4n) is 1.80. The molecule has 1 unspecified atom stereocenters. The van der Waals surface area contributed by atoms with Gasteiger partial charge in [0.25, 0.3) is 0 Å². The van der Waals surface area contributed by atoms with Crippen molar-refractivity contribution in [2.75, 3.05) is 5.32 Å². The van der Waals surface area contributed by atoms with Gasteiger partial charge in [0.2, 0.25) is 5.91 Å². The second-order valence-electron chi connectivity index (χ2n) is 3.74. The molecule has 0 bridgehead atoms. The lowest BCUT2D eigenvalue weighted by molar-refractivity contribution is -0.116. The summed E-state index contributed by atoms with van der Waals surface area (Å²) in [6.07, 6.45) is 0.607. The Morgan fingerprint density at radius 2 is 1.76 bits per heavy atom. The minimum absolute atomic E-state index is 0.130. The highest BCUT2D eigenvalue weighted by molar-refractivity contribution is 5.94. The van der Waals surface area contributed by atoms with Gasteiger partial charge in [0.1, 0.15) is 0 Å². The highest BCUT2D eigenvalue weighted by Gasteiger charge is 2.20. The van der Waals surface area contributed by atoms with E-state index in [1.165, 1.54) is 11.1 Å². The lowest BCUT2D eigenvalue weighted by Crippen LogP contribution is -2.21. The maximum Gasteiger partial charge on any atom is 0.224 e. The Labute approximate surface area is 105 Å². The second kappa shape index (κ2) is 7.88. The molecule has 96 valence electrons. The molecule has 1 aromatic carbocycles. The van der Waals surface area contributed by atoms with Crippen molar-refractivity contribution in [1.82, 2.24) is 0 Å². The van der Waals surface area contributed by atoms with Crippen molar-refractivity contribution in [2.24, 2.45) is 0 Å². The van der Waals surface area contributed by atoms with Gasteiger partial charge >= 0.3 is 0 Å². The Kier molecular flexibility index (Phi) is 7.27. The predicted octanol–water partition coefficient (Wildman–Crippen LogP) is 4.49. The van der Waals surface area contributed by atoms with Gasteiger partial charge in [-0.25, -0.2) is 0 Å². The summed E-state index contributed by atoms with van der Waals surface area (Å²) in [5, 5.41) is 2.89. The molecule has 0 fully saturated rings. The summed E-state index contributed by atoms with van der Waals surface area (Å²) in [6, 6.07) is 6.23. The van der Waals surface area contributed by atoms with Crippen LogP contribution in [-0.4, -0.2) is 5.91 Å². The fourth-order valence-corrected chi connectivity index (χ4v) is 1.80. The lowest BCUT2D eigenvalue weighted by atomic mass is 9.91. The molecule has 1 atom stereocenters. The summed E-state index contributed by atoms with van der Waals surface area (Å²) in [5.74, 6) is 0.481. The van der Waals surface area contributed by atoms with Gasteiger partial charge in [-0.05, 0) is 30.0 Å². The van der Waals surface area contributed by atoms with Crippen LogP contribution in [0.5, 0.6) is 0 Å². The van der Waals surface area contributed by atoms with Crippen LogP contribution in [0.25, 0.3) is 0 Å². The molecule has 0 aliphatic carbocycles. The summed E-state index contributed by atoms with van der Waals surface area (Å²) in [6.45, 7) is 12.1. The molecule has 2 rings (SSSR count). The summed E-state index contributed by atoms with van der Waals surface area (Å²) >= 11 is 0. The first-order valence-corrected chi connectivity index (χ1v) is 6.57. The number of rotatable bonds is 0. The number of hydrogen-bond acceptors (Lipinski definition) is 1. The van der Waals surface area contributed by atoms with Crippen molar-refractivity contribution in [3.8, 4) is 0 Å². The first-order valence-electron chi connectivity index (χ1n) is 6.57. The summed E-state index contributed by atoms with van der Waals surface area (Å²) in [5.41, 5.74) is 3.43. The first-order chi connectivity index (χ1) is 8.16. The Morgan fingerprint density at radius 1 is 1.18 bits per heavy atom. The number of carbonyl (C=O) groups excluding carboxylic acids is 1. The van der Waals surface area contributed by atoms with Crippen LogP contribution in [0.15, 0.2) is 18.2 Å². The van der Waals surface area contributed by atoms with E-state index < -0.39 is 0 Å². The average Bonchev–Trinajstić information content (AvgIpc) is 2.33. The highest BCUT2D eigenvalue weighted by Crippen LogP contribution is 2.31. The SMILES string of the molecule is CC.CC.Cc1ccc2c(c1)NC(=O)CC2C. The van der Waals surface area contributed by atoms with Crippen LogP contribution in [0.3, 0.4) is 0 Å². The number of nitrogens with one attached hydrogen (secondary N) is 1. The van der Waals surface area contributed by atoms with E-state index in [-0.39, 0.29) is 5.91 Å². The van der Waals surface area contributed by atoms with Crippen molar-refractivity contribution in [2.45, 2.75) is 53.9 Å². The van der Waals surface area contributed by atoms with Crippen LogP contribution in [0, 0.1) is 6.92 Å². The zero-order valence-corrected chi connectivity index (χ0v) is 11.9. The quantitative estimate of drug-likeness (QED) is 0.705. The van der Waals surface area contributed by atoms with Crippen molar-refractivity contribution in [3.63, 3.8) is 0 Å². The molecule has 17 heavy (non-hydrogen) atoms. The van der Waals surface area contributed by atoms with Gasteiger partial charge in [0.15, 0.2) is 0 Å². The summed E-state index contributed by atoms with van der Waals surface area (Å²) < 4.78 is 0. The van der Waals surface area contributed by atoms with Gasteiger partial charge < -0.3 is 5.32 Å². The zero-order valence-electron chi connectivity index (χ0n) is 11.9. The van der Waals surface area contributed by atoms with E-state index in [0.717, 1.165) is 5.69 Å². The third kappa shape index (κ3) is 4.22. The van der Waals surface area contributed by atoms with Gasteiger partial charge in [-0.1, -0.05) is 46.8 Å². The van der Waals surface area contributed by atoms with Crippen molar-refractivity contribution in [3.05, 3.63) is 29.3 Å². The first kappa shape index (κ1) is 15.7. The Balaban J connectivity index is 0.000000581. The van der Waals surface area contributed by atoms with Gasteiger partial charge in [-0.2, -0.15) is 0 Å². The van der Waals surface area contributed by atoms with E-state index in [4.69, 9.17) is 0 Å². The van der Waals surface area contributed by atoms with Crippen LogP contribution in [0.1, 0.15) is 58.1 Å². The molecule has 0 saturated carbocycles. The predicted molar refractivity (Wildman–Crippen MR) is 75.5 cm³/mol. The molecule has 0 spiro atoms. The van der Waals surface area contributed by atoms with E-state index in [2.05, 4.69) is 24.4 Å². The molecule has 1 N–H and O–H groups in total. The third-order valence-electron chi connectivity index (χ3n) is 2.51. The van der Waals surface area contributed by atoms with E-state index in [0.29, 0.717) is 12.3 Å². The van der Waals surface area contributed by atoms with Gasteiger partial charge in [-0.15, -0.1) is 0 Å². The molecule has 1 aromatic rings. The largest absolute Gasteiger partial charge is 0.326 e. The van der Waals surface area contributed by atoms with E-state index in [1.54, 1.807) is 0 Å². The smallest absolute Gasteiger partial charge is 0.224 e. The molecule has 0 saturated heterocycles. The van der Waals surface area contributed by atoms with Gasteiger partial charge in [0, 0.05) is 12.1 Å². The summed E-state index contributed by atoms with van der Waals surface area (Å²) in [4.78, 5) is 11.2. The minimum atomic E-state index is 0.130. The number of aryl methyl sites for hydroxylation is 1. The molecule has 0 radical (unpaired) electrons. The molecule has 2 heteroatoms. The molecule has 1 amide bonds. The maximum atomic E-state index is 11.2. The number of anilines is 1. The van der Waals surface area contributed by atoms with Crippen LogP contribution < -0.4 is 5.32 Å². The van der Waals surface area contributed by atoms with Crippen LogP contribution in [0.4, 0.5) is 5.69 Å². The molecule has 1 aliphatic heterocycles.